The molecule has 2 aromatic rings. The Morgan fingerprint density at radius 2 is 1.55 bits per heavy atom. The molecule has 3 rings (SSSR count). The second kappa shape index (κ2) is 10.7. The molecule has 0 radical (unpaired) electrons. The largest absolute Gasteiger partial charge is 0.497 e. The zero-order valence-electron chi connectivity index (χ0n) is 17.2. The summed E-state index contributed by atoms with van der Waals surface area (Å²) >= 11 is 0. The number of hydrogen-bond acceptors (Lipinski definition) is 5. The summed E-state index contributed by atoms with van der Waals surface area (Å²) in [7, 11) is 1.66. The Kier molecular flexibility index (Phi) is 7.76. The van der Waals surface area contributed by atoms with Gasteiger partial charge in [-0.1, -0.05) is 12.1 Å². The molecule has 1 atom stereocenters. The predicted octanol–water partition coefficient (Wildman–Crippen LogP) is 3.43. The highest BCUT2D eigenvalue weighted by atomic mass is 16.5. The van der Waals surface area contributed by atoms with Crippen molar-refractivity contribution < 1.29 is 19.0 Å². The smallest absolute Gasteiger partial charge is 0.258 e. The molecule has 2 aromatic carbocycles. The maximum Gasteiger partial charge on any atom is 0.258 e. The SMILES string of the molecule is CCOc1ccc(OCC(=O)NCC(c2ccc(OC)cc2)N2CCCC2)cc1. The highest BCUT2D eigenvalue weighted by Gasteiger charge is 2.24. The lowest BCUT2D eigenvalue weighted by Gasteiger charge is -2.28. The van der Waals surface area contributed by atoms with Crippen LogP contribution in [0.5, 0.6) is 17.2 Å². The molecule has 1 fully saturated rings. The summed E-state index contributed by atoms with van der Waals surface area (Å²) in [5, 5.41) is 3.03. The molecule has 156 valence electrons. The predicted molar refractivity (Wildman–Crippen MR) is 113 cm³/mol. The van der Waals surface area contributed by atoms with Crippen molar-refractivity contribution in [3.8, 4) is 17.2 Å². The minimum atomic E-state index is -0.128. The summed E-state index contributed by atoms with van der Waals surface area (Å²) in [5.74, 6) is 2.14. The first-order valence-electron chi connectivity index (χ1n) is 10.2. The Morgan fingerprint density at radius 3 is 2.14 bits per heavy atom. The first-order valence-corrected chi connectivity index (χ1v) is 10.2. The van der Waals surface area contributed by atoms with Crippen molar-refractivity contribution in [2.24, 2.45) is 0 Å². The number of amides is 1. The van der Waals surface area contributed by atoms with Gasteiger partial charge in [0.15, 0.2) is 6.61 Å². The molecule has 1 amide bonds. The van der Waals surface area contributed by atoms with Crippen molar-refractivity contribution in [1.82, 2.24) is 10.2 Å². The summed E-state index contributed by atoms with van der Waals surface area (Å²) in [5.41, 5.74) is 1.18. The number of hydrogen-bond donors (Lipinski definition) is 1. The number of carbonyl (C=O) groups is 1. The van der Waals surface area contributed by atoms with Crippen molar-refractivity contribution in [2.45, 2.75) is 25.8 Å². The average Bonchev–Trinajstić information content (AvgIpc) is 3.29. The fourth-order valence-corrected chi connectivity index (χ4v) is 3.55. The Bertz CT molecular complexity index is 755. The van der Waals surface area contributed by atoms with Gasteiger partial charge in [0.25, 0.3) is 5.91 Å². The molecule has 1 unspecified atom stereocenters. The van der Waals surface area contributed by atoms with Crippen molar-refractivity contribution in [3.63, 3.8) is 0 Å². The molecule has 0 bridgehead atoms. The van der Waals surface area contributed by atoms with Crippen LogP contribution in [0.25, 0.3) is 0 Å². The van der Waals surface area contributed by atoms with Crippen molar-refractivity contribution in [1.29, 1.82) is 0 Å². The minimum absolute atomic E-state index is 0.0106. The van der Waals surface area contributed by atoms with Crippen LogP contribution in [0.1, 0.15) is 31.4 Å². The number of nitrogens with one attached hydrogen (secondary N) is 1. The molecule has 1 heterocycles. The molecule has 0 spiro atoms. The van der Waals surface area contributed by atoms with Gasteiger partial charge in [-0.15, -0.1) is 0 Å². The standard InChI is InChI=1S/C23H30N2O4/c1-3-28-20-10-12-21(13-11-20)29-17-23(26)24-16-22(25-14-4-5-15-25)18-6-8-19(27-2)9-7-18/h6-13,22H,3-5,14-17H2,1-2H3,(H,24,26). The number of nitrogens with zero attached hydrogens (tertiary/aromatic N) is 1. The van der Waals surface area contributed by atoms with Gasteiger partial charge in [0.1, 0.15) is 17.2 Å². The maximum atomic E-state index is 12.3. The van der Waals surface area contributed by atoms with Gasteiger partial charge >= 0.3 is 0 Å². The molecular formula is C23H30N2O4. The molecular weight excluding hydrogens is 368 g/mol. The number of rotatable bonds is 10. The average molecular weight is 399 g/mol. The van der Waals surface area contributed by atoms with Crippen LogP contribution in [0, 0.1) is 0 Å². The molecule has 0 saturated carbocycles. The van der Waals surface area contributed by atoms with Crippen LogP contribution in [0.15, 0.2) is 48.5 Å². The third-order valence-electron chi connectivity index (χ3n) is 5.08. The minimum Gasteiger partial charge on any atom is -0.497 e. The van der Waals surface area contributed by atoms with E-state index in [1.807, 2.05) is 43.3 Å². The van der Waals surface area contributed by atoms with E-state index in [9.17, 15) is 4.79 Å². The van der Waals surface area contributed by atoms with E-state index in [1.54, 1.807) is 7.11 Å². The zero-order valence-corrected chi connectivity index (χ0v) is 17.2. The van der Waals surface area contributed by atoms with Gasteiger partial charge in [-0.2, -0.15) is 0 Å². The van der Waals surface area contributed by atoms with Crippen LogP contribution in [0.2, 0.25) is 0 Å². The lowest BCUT2D eigenvalue weighted by molar-refractivity contribution is -0.123. The number of ether oxygens (including phenoxy) is 3. The van der Waals surface area contributed by atoms with Gasteiger partial charge in [-0.3, -0.25) is 9.69 Å². The second-order valence-electron chi connectivity index (χ2n) is 7.03. The Balaban J connectivity index is 1.53. The summed E-state index contributed by atoms with van der Waals surface area (Å²) in [6.45, 7) is 5.21. The highest BCUT2D eigenvalue weighted by molar-refractivity contribution is 5.77. The van der Waals surface area contributed by atoms with Crippen LogP contribution < -0.4 is 19.5 Å². The third-order valence-corrected chi connectivity index (χ3v) is 5.08. The first-order chi connectivity index (χ1) is 14.2. The van der Waals surface area contributed by atoms with Gasteiger partial charge in [-0.05, 0) is 74.8 Å². The summed E-state index contributed by atoms with van der Waals surface area (Å²) in [6, 6.07) is 15.5. The number of methoxy groups -OCH3 is 1. The topological polar surface area (TPSA) is 60.0 Å². The third kappa shape index (κ3) is 6.12. The number of carbonyl (C=O) groups excluding carboxylic acids is 1. The molecule has 0 aliphatic carbocycles. The summed E-state index contributed by atoms with van der Waals surface area (Å²) in [4.78, 5) is 14.8. The first kappa shape index (κ1) is 21.0. The van der Waals surface area contributed by atoms with E-state index in [4.69, 9.17) is 14.2 Å². The van der Waals surface area contributed by atoms with E-state index >= 15 is 0 Å². The summed E-state index contributed by atoms with van der Waals surface area (Å²) < 4.78 is 16.3. The fourth-order valence-electron chi connectivity index (χ4n) is 3.55. The number of benzene rings is 2. The van der Waals surface area contributed by atoms with E-state index in [-0.39, 0.29) is 18.6 Å². The lowest BCUT2D eigenvalue weighted by Crippen LogP contribution is -2.38. The van der Waals surface area contributed by atoms with Crippen LogP contribution in [-0.4, -0.2) is 50.8 Å². The van der Waals surface area contributed by atoms with Crippen LogP contribution in [-0.2, 0) is 4.79 Å². The van der Waals surface area contributed by atoms with E-state index in [0.717, 1.165) is 24.6 Å². The summed E-state index contributed by atoms with van der Waals surface area (Å²) in [6.07, 6.45) is 2.39. The quantitative estimate of drug-likeness (QED) is 0.664. The zero-order chi connectivity index (χ0) is 20.5. The molecule has 6 nitrogen and oxygen atoms in total. The number of likely N-dealkylation sites (tertiary alicyclic amines) is 1. The molecule has 0 aromatic heterocycles. The second-order valence-corrected chi connectivity index (χ2v) is 7.03. The van der Waals surface area contributed by atoms with Gasteiger partial charge in [-0.25, -0.2) is 0 Å². The maximum absolute atomic E-state index is 12.3. The lowest BCUT2D eigenvalue weighted by atomic mass is 10.1. The Morgan fingerprint density at radius 1 is 0.966 bits per heavy atom. The van der Waals surface area contributed by atoms with E-state index in [0.29, 0.717) is 18.9 Å². The van der Waals surface area contributed by atoms with Gasteiger partial charge < -0.3 is 19.5 Å². The normalized spacial score (nSPS) is 15.0. The van der Waals surface area contributed by atoms with Gasteiger partial charge in [0.05, 0.1) is 19.8 Å². The van der Waals surface area contributed by atoms with Gasteiger partial charge in [0, 0.05) is 6.54 Å². The Hall–Kier alpha value is -2.73. The van der Waals surface area contributed by atoms with Crippen molar-refractivity contribution in [3.05, 3.63) is 54.1 Å². The van der Waals surface area contributed by atoms with Crippen LogP contribution in [0.3, 0.4) is 0 Å². The van der Waals surface area contributed by atoms with E-state index < -0.39 is 0 Å². The van der Waals surface area contributed by atoms with Crippen LogP contribution >= 0.6 is 0 Å². The van der Waals surface area contributed by atoms with Gasteiger partial charge in [0.2, 0.25) is 0 Å². The van der Waals surface area contributed by atoms with Crippen molar-refractivity contribution >= 4 is 5.91 Å². The van der Waals surface area contributed by atoms with E-state index in [2.05, 4.69) is 22.3 Å². The van der Waals surface area contributed by atoms with Crippen LogP contribution in [0.4, 0.5) is 0 Å². The fraction of sp³-hybridized carbons (Fsp3) is 0.435. The Labute approximate surface area is 172 Å². The molecule has 1 aliphatic heterocycles. The van der Waals surface area contributed by atoms with E-state index in [1.165, 1.54) is 18.4 Å². The molecule has 1 N–H and O–H groups in total. The molecule has 6 heteroatoms. The molecule has 1 saturated heterocycles. The molecule has 1 aliphatic rings. The monoisotopic (exact) mass is 398 g/mol. The highest BCUT2D eigenvalue weighted by Crippen LogP contribution is 2.26. The van der Waals surface area contributed by atoms with Crippen molar-refractivity contribution in [2.75, 3.05) is 40.0 Å². The molecule has 29 heavy (non-hydrogen) atoms.